The van der Waals surface area contributed by atoms with Crippen molar-refractivity contribution < 1.29 is 18.6 Å². The van der Waals surface area contributed by atoms with Crippen LogP contribution in [-0.2, 0) is 9.53 Å². The minimum absolute atomic E-state index is 0.179. The van der Waals surface area contributed by atoms with E-state index >= 15 is 0 Å². The predicted molar refractivity (Wildman–Crippen MR) is 126 cm³/mol. The van der Waals surface area contributed by atoms with Gasteiger partial charge in [0, 0.05) is 0 Å². The molecule has 0 aromatic heterocycles. The second kappa shape index (κ2) is 6.09. The molecule has 2 aliphatic heterocycles. The summed E-state index contributed by atoms with van der Waals surface area (Å²) in [6, 6.07) is 24.7. The number of hydrogen-bond donors (Lipinski definition) is 0. The first-order valence-electron chi connectivity index (χ1n) is 10.3. The van der Waals surface area contributed by atoms with E-state index in [4.69, 9.17) is 13.8 Å². The van der Waals surface area contributed by atoms with E-state index in [1.807, 2.05) is 24.3 Å². The zero-order valence-corrected chi connectivity index (χ0v) is 18.0. The summed E-state index contributed by atoms with van der Waals surface area (Å²) in [5.41, 5.74) is 0.377. The van der Waals surface area contributed by atoms with Crippen LogP contribution in [0.1, 0.15) is 6.92 Å². The number of hydrogen-bond acceptors (Lipinski definition) is 4. The molecule has 0 saturated heterocycles. The Hall–Kier alpha value is -3.36. The fourth-order valence-electron chi connectivity index (χ4n) is 5.00. The van der Waals surface area contributed by atoms with Gasteiger partial charge in [-0.15, -0.1) is 0 Å². The zero-order chi connectivity index (χ0) is 21.2. The topological polar surface area (TPSA) is 44.8 Å². The summed E-state index contributed by atoms with van der Waals surface area (Å²) in [7, 11) is -3.65. The van der Waals surface area contributed by atoms with Crippen LogP contribution in [0.25, 0.3) is 21.5 Å². The van der Waals surface area contributed by atoms with Crippen LogP contribution in [0.4, 0.5) is 0 Å². The standard InChI is InChI=1S/C26H21O4P/c1-17(2)26(27)28-15-16-31(22-13-5-9-18-7-3-11-20(29-31)24(18)22)23-14-6-10-19-8-4-12-21(30-31)25(19)23/h3-14H,1,15-16H2,2H3. The molecule has 0 aliphatic carbocycles. The monoisotopic (exact) mass is 428 g/mol. The van der Waals surface area contributed by atoms with Crippen molar-refractivity contribution in [1.82, 2.24) is 0 Å². The zero-order valence-electron chi connectivity index (χ0n) is 17.1. The molecule has 0 radical (unpaired) electrons. The normalized spacial score (nSPS) is 17.6. The van der Waals surface area contributed by atoms with Gasteiger partial charge >= 0.3 is 180 Å². The van der Waals surface area contributed by atoms with E-state index in [-0.39, 0.29) is 6.61 Å². The molecule has 31 heavy (non-hydrogen) atoms. The number of fused-ring (bicyclic) bond motifs is 2. The Morgan fingerprint density at radius 1 is 0.839 bits per heavy atom. The van der Waals surface area contributed by atoms with Crippen LogP contribution in [0.5, 0.6) is 11.5 Å². The number of rotatable bonds is 4. The van der Waals surface area contributed by atoms with Gasteiger partial charge in [-0.3, -0.25) is 0 Å². The summed E-state index contributed by atoms with van der Waals surface area (Å²) < 4.78 is 19.5. The van der Waals surface area contributed by atoms with Crippen LogP contribution < -0.4 is 19.7 Å². The molecule has 154 valence electrons. The molecule has 0 fully saturated rings. The predicted octanol–water partition coefficient (Wildman–Crippen LogP) is 5.23. The van der Waals surface area contributed by atoms with E-state index in [1.165, 1.54) is 0 Å². The van der Waals surface area contributed by atoms with Crippen LogP contribution in [-0.4, -0.2) is 18.7 Å². The Balaban J connectivity index is 1.63. The summed E-state index contributed by atoms with van der Waals surface area (Å²) in [6.07, 6.45) is 0.437. The van der Waals surface area contributed by atoms with Gasteiger partial charge in [0.2, 0.25) is 0 Å². The third kappa shape index (κ3) is 2.26. The number of esters is 1. The quantitative estimate of drug-likeness (QED) is 0.254. The third-order valence-corrected chi connectivity index (χ3v) is 11.2. The molecular formula is C26H21O4P. The average molecular weight is 428 g/mol. The van der Waals surface area contributed by atoms with Gasteiger partial charge in [-0.2, -0.15) is 0 Å². The molecule has 0 amide bonds. The second-order valence-electron chi connectivity index (χ2n) is 8.21. The van der Waals surface area contributed by atoms with Crippen LogP contribution in [0.3, 0.4) is 0 Å². The van der Waals surface area contributed by atoms with Crippen molar-refractivity contribution in [1.29, 1.82) is 0 Å². The molecule has 2 heterocycles. The summed E-state index contributed by atoms with van der Waals surface area (Å²) in [5.74, 6) is 1.24. The number of carbonyl (C=O) groups is 1. The molecule has 4 aromatic carbocycles. The van der Waals surface area contributed by atoms with Gasteiger partial charge < -0.3 is 0 Å². The summed E-state index contributed by atoms with van der Waals surface area (Å²) in [4.78, 5) is 12.1. The summed E-state index contributed by atoms with van der Waals surface area (Å²) in [6.45, 7) is 5.52. The van der Waals surface area contributed by atoms with Crippen molar-refractivity contribution in [3.8, 4) is 11.5 Å². The number of benzene rings is 4. The van der Waals surface area contributed by atoms with Crippen LogP contribution in [0, 0.1) is 0 Å². The fraction of sp³-hybridized carbons (Fsp3) is 0.115. The first kappa shape index (κ1) is 18.4. The maximum absolute atomic E-state index is 12.1. The molecule has 5 heteroatoms. The minimum atomic E-state index is -3.65. The van der Waals surface area contributed by atoms with Crippen molar-refractivity contribution in [3.05, 3.63) is 84.9 Å². The molecule has 4 aromatic rings. The molecular weight excluding hydrogens is 407 g/mol. The molecule has 0 unspecified atom stereocenters. The van der Waals surface area contributed by atoms with Crippen molar-refractivity contribution >= 4 is 45.2 Å². The summed E-state index contributed by atoms with van der Waals surface area (Å²) >= 11 is 0. The Kier molecular flexibility index (Phi) is 3.62. The van der Waals surface area contributed by atoms with Crippen molar-refractivity contribution in [2.75, 3.05) is 12.8 Å². The molecule has 0 N–H and O–H groups in total. The van der Waals surface area contributed by atoms with E-state index in [0.29, 0.717) is 11.7 Å². The molecule has 2 aliphatic rings. The Labute approximate surface area is 180 Å². The van der Waals surface area contributed by atoms with Gasteiger partial charge in [0.25, 0.3) is 0 Å². The van der Waals surface area contributed by atoms with Crippen molar-refractivity contribution in [3.63, 3.8) is 0 Å². The first-order chi connectivity index (χ1) is 15.0. The molecule has 4 nitrogen and oxygen atoms in total. The van der Waals surface area contributed by atoms with E-state index in [1.54, 1.807) is 6.92 Å². The van der Waals surface area contributed by atoms with E-state index in [9.17, 15) is 4.79 Å². The van der Waals surface area contributed by atoms with Gasteiger partial charge in [-0.05, 0) is 0 Å². The van der Waals surface area contributed by atoms with E-state index in [0.717, 1.165) is 43.7 Å². The Morgan fingerprint density at radius 3 is 1.81 bits per heavy atom. The van der Waals surface area contributed by atoms with Gasteiger partial charge in [0.05, 0.1) is 0 Å². The molecule has 1 spiro atoms. The fourth-order valence-corrected chi connectivity index (χ4v) is 10.1. The maximum atomic E-state index is 12.1. The molecule has 6 rings (SSSR count). The van der Waals surface area contributed by atoms with Crippen LogP contribution in [0.15, 0.2) is 84.9 Å². The average Bonchev–Trinajstić information content (AvgIpc) is 3.22. The third-order valence-electron chi connectivity index (χ3n) is 6.33. The van der Waals surface area contributed by atoms with Crippen LogP contribution >= 0.6 is 7.06 Å². The second-order valence-corrected chi connectivity index (χ2v) is 12.2. The van der Waals surface area contributed by atoms with Crippen LogP contribution in [0.2, 0.25) is 0 Å². The van der Waals surface area contributed by atoms with E-state index < -0.39 is 13.0 Å². The summed E-state index contributed by atoms with van der Waals surface area (Å²) in [5, 5.41) is 6.52. The molecule has 0 saturated carbocycles. The first-order valence-corrected chi connectivity index (χ1v) is 12.6. The molecule has 0 atom stereocenters. The van der Waals surface area contributed by atoms with Gasteiger partial charge in [-0.25, -0.2) is 0 Å². The van der Waals surface area contributed by atoms with Gasteiger partial charge in [0.15, 0.2) is 0 Å². The van der Waals surface area contributed by atoms with Crippen molar-refractivity contribution in [2.45, 2.75) is 6.92 Å². The SMILES string of the molecule is C=C(C)C(=O)OCCP12(Oc3cccc4cccc1c34)Oc1cccc3cccc2c13. The molecule has 0 bridgehead atoms. The van der Waals surface area contributed by atoms with E-state index in [2.05, 4.69) is 55.1 Å². The van der Waals surface area contributed by atoms with Gasteiger partial charge in [0.1, 0.15) is 0 Å². The Bertz CT molecular complexity index is 1330. The number of carbonyl (C=O) groups excluding carboxylic acids is 1. The number of ether oxygens (including phenoxy) is 1. The van der Waals surface area contributed by atoms with Gasteiger partial charge in [-0.1, -0.05) is 0 Å². The van der Waals surface area contributed by atoms with Crippen molar-refractivity contribution in [2.24, 2.45) is 0 Å². The Morgan fingerprint density at radius 2 is 1.32 bits per heavy atom.